The fourth-order valence-electron chi connectivity index (χ4n) is 0.934. The molecule has 2 N–H and O–H groups in total. The molecule has 1 aliphatic rings. The zero-order valence-electron chi connectivity index (χ0n) is 4.96. The molecule has 0 aliphatic carbocycles. The predicted molar refractivity (Wildman–Crippen MR) is 34.8 cm³/mol. The van der Waals surface area contributed by atoms with Gasteiger partial charge >= 0.3 is 5.95 Å². The van der Waals surface area contributed by atoms with Crippen LogP contribution >= 0.6 is 0 Å². The second kappa shape index (κ2) is 1.62. The van der Waals surface area contributed by atoms with Gasteiger partial charge < -0.3 is 0 Å². The zero-order chi connectivity index (χ0) is 6.10. The smallest absolute Gasteiger partial charge is 0.273 e. The van der Waals surface area contributed by atoms with Gasteiger partial charge in [0, 0.05) is 0 Å². The second-order valence-electron chi connectivity index (χ2n) is 1.98. The molecule has 0 spiro atoms. The third-order valence-electron chi connectivity index (χ3n) is 1.37. The molecule has 0 unspecified atom stereocenters. The Hall–Kier alpha value is -1.25. The molecule has 1 aromatic rings. The first kappa shape index (κ1) is 4.61. The number of anilines is 1. The number of H-pyrrole nitrogens is 1. The van der Waals surface area contributed by atoms with Gasteiger partial charge in [0.1, 0.15) is 6.20 Å². The van der Waals surface area contributed by atoms with Gasteiger partial charge in [0.15, 0.2) is 0 Å². The number of hydrogen-bond acceptors (Lipinski definition) is 1. The number of aromatic nitrogens is 2. The van der Waals surface area contributed by atoms with Crippen LogP contribution in [0.3, 0.4) is 0 Å². The largest absolute Gasteiger partial charge is 0.359 e. The van der Waals surface area contributed by atoms with Crippen LogP contribution < -0.4 is 9.88 Å². The van der Waals surface area contributed by atoms with Crippen LogP contribution in [0.1, 0.15) is 0 Å². The maximum Gasteiger partial charge on any atom is 0.359 e. The Morgan fingerprint density at radius 1 is 1.56 bits per heavy atom. The number of nitrogens with one attached hydrogen (secondary N) is 2. The molecule has 0 fully saturated rings. The Morgan fingerprint density at radius 3 is 3.44 bits per heavy atom. The molecule has 46 valence electrons. The predicted octanol–water partition coefficient (Wildman–Crippen LogP) is 0.198. The van der Waals surface area contributed by atoms with E-state index >= 15 is 0 Å². The van der Waals surface area contributed by atoms with Crippen molar-refractivity contribution in [3.05, 3.63) is 18.5 Å². The van der Waals surface area contributed by atoms with E-state index in [9.17, 15) is 0 Å². The van der Waals surface area contributed by atoms with Crippen molar-refractivity contribution in [1.29, 1.82) is 0 Å². The standard InChI is InChI=1S/C6H7N3/c1-2-7-6-8-3-5-9(6)4-1/h1,3-5H,2H2,(H,7,8)/p+1. The summed E-state index contributed by atoms with van der Waals surface area (Å²) in [6, 6.07) is 0. The fourth-order valence-corrected chi connectivity index (χ4v) is 0.934. The van der Waals surface area contributed by atoms with E-state index < -0.39 is 0 Å². The Labute approximate surface area is 53.0 Å². The molecule has 3 nitrogen and oxygen atoms in total. The second-order valence-corrected chi connectivity index (χ2v) is 1.98. The number of fused-ring (bicyclic) bond motifs is 1. The zero-order valence-corrected chi connectivity index (χ0v) is 4.96. The summed E-state index contributed by atoms with van der Waals surface area (Å²) in [6.45, 7) is 0.917. The van der Waals surface area contributed by atoms with Gasteiger partial charge in [0.2, 0.25) is 0 Å². The average Bonchev–Trinajstić information content (AvgIpc) is 2.33. The van der Waals surface area contributed by atoms with Crippen molar-refractivity contribution in [3.8, 4) is 0 Å². The first-order chi connectivity index (χ1) is 4.47. The van der Waals surface area contributed by atoms with Crippen LogP contribution in [-0.4, -0.2) is 11.5 Å². The van der Waals surface area contributed by atoms with Gasteiger partial charge in [0.25, 0.3) is 0 Å². The molecule has 0 bridgehead atoms. The van der Waals surface area contributed by atoms with E-state index in [1.165, 1.54) is 0 Å². The molecule has 0 amide bonds. The number of hydrogen-bond donors (Lipinski definition) is 2. The first-order valence-electron chi connectivity index (χ1n) is 2.96. The molecule has 0 atom stereocenters. The Bertz CT molecular complexity index is 236. The highest BCUT2D eigenvalue weighted by atomic mass is 15.2. The van der Waals surface area contributed by atoms with Gasteiger partial charge in [-0.05, 0) is 6.08 Å². The van der Waals surface area contributed by atoms with Crippen LogP contribution in [0.4, 0.5) is 5.95 Å². The lowest BCUT2D eigenvalue weighted by atomic mass is 10.5. The third kappa shape index (κ3) is 0.614. The molecular formula is C6H8N3+. The maximum absolute atomic E-state index is 3.16. The lowest BCUT2D eigenvalue weighted by molar-refractivity contribution is -0.552. The van der Waals surface area contributed by atoms with Gasteiger partial charge in [-0.15, -0.1) is 0 Å². The molecule has 9 heavy (non-hydrogen) atoms. The van der Waals surface area contributed by atoms with Gasteiger partial charge in [-0.25, -0.2) is 9.55 Å². The summed E-state index contributed by atoms with van der Waals surface area (Å²) < 4.78 is 2.00. The highest BCUT2D eigenvalue weighted by Gasteiger charge is 2.07. The van der Waals surface area contributed by atoms with E-state index in [4.69, 9.17) is 0 Å². The van der Waals surface area contributed by atoms with Crippen LogP contribution in [0.5, 0.6) is 0 Å². The Kier molecular flexibility index (Phi) is 0.828. The molecule has 0 aromatic carbocycles. The van der Waals surface area contributed by atoms with Crippen LogP contribution in [0.2, 0.25) is 0 Å². The number of imidazole rings is 1. The lowest BCUT2D eigenvalue weighted by Gasteiger charge is -1.99. The summed E-state index contributed by atoms with van der Waals surface area (Å²) in [5, 5.41) is 3.16. The van der Waals surface area contributed by atoms with Crippen molar-refractivity contribution in [3.63, 3.8) is 0 Å². The van der Waals surface area contributed by atoms with Crippen LogP contribution in [0.15, 0.2) is 18.5 Å². The summed E-state index contributed by atoms with van der Waals surface area (Å²) in [7, 11) is 0. The number of rotatable bonds is 0. The van der Waals surface area contributed by atoms with Crippen LogP contribution in [0.25, 0.3) is 6.20 Å². The minimum absolute atomic E-state index is 0.917. The van der Waals surface area contributed by atoms with E-state index in [0.717, 1.165) is 12.5 Å². The van der Waals surface area contributed by atoms with E-state index in [2.05, 4.69) is 16.4 Å². The van der Waals surface area contributed by atoms with Crippen molar-refractivity contribution < 1.29 is 4.57 Å². The van der Waals surface area contributed by atoms with E-state index in [1.54, 1.807) is 0 Å². The SMILES string of the molecule is C1=C[n+]2cc[nH]c2NC1. The van der Waals surface area contributed by atoms with Crippen molar-refractivity contribution in [2.75, 3.05) is 11.9 Å². The van der Waals surface area contributed by atoms with E-state index in [-0.39, 0.29) is 0 Å². The highest BCUT2D eigenvalue weighted by Crippen LogP contribution is 1.96. The minimum atomic E-state index is 0.917. The average molecular weight is 122 g/mol. The van der Waals surface area contributed by atoms with Gasteiger partial charge in [-0.3, -0.25) is 5.32 Å². The number of aromatic amines is 1. The molecule has 2 rings (SSSR count). The quantitative estimate of drug-likeness (QED) is 0.473. The van der Waals surface area contributed by atoms with Crippen molar-refractivity contribution in [2.24, 2.45) is 0 Å². The van der Waals surface area contributed by atoms with Crippen molar-refractivity contribution in [2.45, 2.75) is 0 Å². The van der Waals surface area contributed by atoms with E-state index in [0.29, 0.717) is 0 Å². The normalized spacial score (nSPS) is 14.7. The molecule has 2 heterocycles. The topological polar surface area (TPSA) is 31.7 Å². The molecular weight excluding hydrogens is 114 g/mol. The monoisotopic (exact) mass is 122 g/mol. The maximum atomic E-state index is 3.16. The summed E-state index contributed by atoms with van der Waals surface area (Å²) in [5.74, 6) is 1.05. The molecule has 1 aromatic heterocycles. The van der Waals surface area contributed by atoms with Gasteiger partial charge in [-0.2, -0.15) is 0 Å². The van der Waals surface area contributed by atoms with Crippen molar-refractivity contribution in [1.82, 2.24) is 4.98 Å². The summed E-state index contributed by atoms with van der Waals surface area (Å²) in [4.78, 5) is 3.06. The number of nitrogens with zero attached hydrogens (tertiary/aromatic N) is 1. The summed E-state index contributed by atoms with van der Waals surface area (Å²) in [5.41, 5.74) is 0. The third-order valence-corrected chi connectivity index (χ3v) is 1.37. The van der Waals surface area contributed by atoms with E-state index in [1.807, 2.05) is 23.2 Å². The fraction of sp³-hybridized carbons (Fsp3) is 0.167. The highest BCUT2D eigenvalue weighted by molar-refractivity contribution is 5.28. The lowest BCUT2D eigenvalue weighted by Crippen LogP contribution is -2.31. The molecule has 3 heteroatoms. The van der Waals surface area contributed by atoms with Gasteiger partial charge in [0.05, 0.1) is 18.9 Å². The molecule has 0 radical (unpaired) electrons. The molecule has 1 aliphatic heterocycles. The van der Waals surface area contributed by atoms with Crippen molar-refractivity contribution >= 4 is 12.1 Å². The van der Waals surface area contributed by atoms with Gasteiger partial charge in [-0.1, -0.05) is 0 Å². The summed E-state index contributed by atoms with van der Waals surface area (Å²) >= 11 is 0. The Balaban J connectivity index is 2.53. The first-order valence-corrected chi connectivity index (χ1v) is 2.96. The van der Waals surface area contributed by atoms with Crippen LogP contribution in [-0.2, 0) is 0 Å². The summed E-state index contributed by atoms with van der Waals surface area (Å²) in [6.07, 6.45) is 7.97. The molecule has 0 saturated carbocycles. The minimum Gasteiger partial charge on any atom is -0.273 e. The Morgan fingerprint density at radius 2 is 2.56 bits per heavy atom. The van der Waals surface area contributed by atoms with Crippen LogP contribution in [0, 0.1) is 0 Å². The molecule has 0 saturated heterocycles.